The minimum Gasteiger partial charge on any atom is -0.492 e. The van der Waals surface area contributed by atoms with Crippen LogP contribution in [0.1, 0.15) is 64.2 Å². The lowest BCUT2D eigenvalue weighted by Gasteiger charge is -2.08. The van der Waals surface area contributed by atoms with Crippen LogP contribution in [-0.2, 0) is 0 Å². The summed E-state index contributed by atoms with van der Waals surface area (Å²) in [4.78, 5) is 0. The number of ether oxygens (including phenoxy) is 1. The summed E-state index contributed by atoms with van der Waals surface area (Å²) in [6.07, 6.45) is 12.3. The van der Waals surface area contributed by atoms with E-state index in [-0.39, 0.29) is 0 Å². The van der Waals surface area contributed by atoms with Crippen molar-refractivity contribution in [3.8, 4) is 5.75 Å². The van der Waals surface area contributed by atoms with Crippen LogP contribution < -0.4 is 4.74 Å². The quantitative estimate of drug-likeness (QED) is 0.396. The lowest BCUT2D eigenvalue weighted by atomic mass is 10.1. The van der Waals surface area contributed by atoms with Gasteiger partial charge in [-0.2, -0.15) is 0 Å². The van der Waals surface area contributed by atoms with Gasteiger partial charge in [0.15, 0.2) is 0 Å². The maximum Gasteiger partial charge on any atom is 0.137 e. The maximum absolute atomic E-state index is 8.69. The van der Waals surface area contributed by atoms with Crippen molar-refractivity contribution < 1.29 is 9.84 Å². The highest BCUT2D eigenvalue weighted by Gasteiger charge is 2.01. The maximum atomic E-state index is 8.69. The molecular weight excluding hydrogens is 364 g/mol. The number of aliphatic hydroxyl groups excluding tert-OH is 1. The number of halogens is 2. The third-order valence-electron chi connectivity index (χ3n) is 3.70. The van der Waals surface area contributed by atoms with Gasteiger partial charge in [0, 0.05) is 11.1 Å². The zero-order valence-corrected chi connectivity index (χ0v) is 15.7. The van der Waals surface area contributed by atoms with E-state index < -0.39 is 0 Å². The molecule has 0 unspecified atom stereocenters. The molecule has 0 radical (unpaired) electrons. The third kappa shape index (κ3) is 9.70. The van der Waals surface area contributed by atoms with Crippen molar-refractivity contribution in [3.05, 3.63) is 27.7 Å². The minimum atomic E-state index is 0.341. The Balaban J connectivity index is 1.89. The van der Waals surface area contributed by atoms with Crippen LogP contribution in [0.3, 0.4) is 0 Å². The Morgan fingerprint density at radius 1 is 0.864 bits per heavy atom. The molecule has 1 aromatic rings. The van der Waals surface area contributed by atoms with Crippen LogP contribution in [0.5, 0.6) is 5.75 Å². The molecule has 126 valence electrons. The average molecular weight is 392 g/mol. The molecule has 1 N–H and O–H groups in total. The topological polar surface area (TPSA) is 29.5 Å². The summed E-state index contributed by atoms with van der Waals surface area (Å²) in [5, 5.41) is 9.35. The van der Waals surface area contributed by atoms with E-state index in [1.165, 1.54) is 51.4 Å². The lowest BCUT2D eigenvalue weighted by molar-refractivity contribution is 0.282. The van der Waals surface area contributed by atoms with E-state index in [1.807, 2.05) is 18.2 Å². The summed E-state index contributed by atoms with van der Waals surface area (Å²) >= 11 is 9.49. The Bertz CT molecular complexity index is 399. The summed E-state index contributed by atoms with van der Waals surface area (Å²) in [5.41, 5.74) is 0. The SMILES string of the molecule is OCCCCCCCCCCCCOc1ccc(Br)cc1Cl. The van der Waals surface area contributed by atoms with E-state index in [2.05, 4.69) is 15.9 Å². The number of aliphatic hydroxyl groups is 1. The van der Waals surface area contributed by atoms with Crippen LogP contribution in [-0.4, -0.2) is 18.3 Å². The van der Waals surface area contributed by atoms with Gasteiger partial charge in [0.1, 0.15) is 5.75 Å². The largest absolute Gasteiger partial charge is 0.492 e. The number of benzene rings is 1. The van der Waals surface area contributed by atoms with Gasteiger partial charge in [0.2, 0.25) is 0 Å². The van der Waals surface area contributed by atoms with Crippen molar-refractivity contribution in [1.82, 2.24) is 0 Å². The van der Waals surface area contributed by atoms with Gasteiger partial charge in [-0.15, -0.1) is 0 Å². The molecule has 0 saturated carbocycles. The highest BCUT2D eigenvalue weighted by Crippen LogP contribution is 2.27. The third-order valence-corrected chi connectivity index (χ3v) is 4.49. The normalized spacial score (nSPS) is 10.9. The Morgan fingerprint density at radius 2 is 1.41 bits per heavy atom. The fourth-order valence-electron chi connectivity index (χ4n) is 2.40. The number of unbranched alkanes of at least 4 members (excludes halogenated alkanes) is 9. The van der Waals surface area contributed by atoms with Gasteiger partial charge in [-0.1, -0.05) is 78.9 Å². The van der Waals surface area contributed by atoms with Crippen molar-refractivity contribution >= 4 is 27.5 Å². The number of rotatable bonds is 13. The van der Waals surface area contributed by atoms with E-state index in [1.54, 1.807) is 0 Å². The van der Waals surface area contributed by atoms with E-state index in [4.69, 9.17) is 21.4 Å². The molecule has 1 aromatic carbocycles. The van der Waals surface area contributed by atoms with Crippen LogP contribution in [0.2, 0.25) is 5.02 Å². The van der Waals surface area contributed by atoms with Crippen molar-refractivity contribution in [3.63, 3.8) is 0 Å². The second-order valence-corrected chi connectivity index (χ2v) is 7.01. The van der Waals surface area contributed by atoms with Gasteiger partial charge in [0.25, 0.3) is 0 Å². The summed E-state index contributed by atoms with van der Waals surface area (Å²) in [6.45, 7) is 1.08. The van der Waals surface area contributed by atoms with Crippen molar-refractivity contribution in [2.45, 2.75) is 64.2 Å². The number of hydrogen-bond acceptors (Lipinski definition) is 2. The molecule has 0 aliphatic heterocycles. The lowest BCUT2D eigenvalue weighted by Crippen LogP contribution is -1.97. The Kier molecular flexibility index (Phi) is 11.9. The molecule has 0 aliphatic carbocycles. The summed E-state index contributed by atoms with van der Waals surface area (Å²) in [7, 11) is 0. The van der Waals surface area contributed by atoms with Crippen LogP contribution >= 0.6 is 27.5 Å². The van der Waals surface area contributed by atoms with Crippen LogP contribution in [0, 0.1) is 0 Å². The first-order valence-corrected chi connectivity index (χ1v) is 9.60. The Hall–Kier alpha value is -0.250. The Morgan fingerprint density at radius 3 is 1.95 bits per heavy atom. The van der Waals surface area contributed by atoms with Crippen molar-refractivity contribution in [2.24, 2.45) is 0 Å². The first kappa shape index (κ1) is 19.8. The van der Waals surface area contributed by atoms with Crippen molar-refractivity contribution in [1.29, 1.82) is 0 Å². The average Bonchev–Trinajstić information content (AvgIpc) is 2.50. The standard InChI is InChI=1S/C18H28BrClO2/c19-16-11-12-18(17(20)15-16)22-14-10-8-6-4-2-1-3-5-7-9-13-21/h11-12,15,21H,1-10,13-14H2. The summed E-state index contributed by atoms with van der Waals surface area (Å²) in [5.74, 6) is 0.771. The minimum absolute atomic E-state index is 0.341. The van der Waals surface area contributed by atoms with E-state index in [9.17, 15) is 0 Å². The molecular formula is C18H28BrClO2. The van der Waals surface area contributed by atoms with Crippen LogP contribution in [0.15, 0.2) is 22.7 Å². The summed E-state index contributed by atoms with van der Waals surface area (Å²) in [6, 6.07) is 5.71. The second kappa shape index (κ2) is 13.2. The molecule has 0 saturated heterocycles. The van der Waals surface area contributed by atoms with Gasteiger partial charge in [-0.3, -0.25) is 0 Å². The van der Waals surface area contributed by atoms with Gasteiger partial charge >= 0.3 is 0 Å². The fraction of sp³-hybridized carbons (Fsp3) is 0.667. The smallest absolute Gasteiger partial charge is 0.137 e. The zero-order valence-electron chi connectivity index (χ0n) is 13.3. The Labute approximate surface area is 148 Å². The molecule has 0 heterocycles. The second-order valence-electron chi connectivity index (χ2n) is 5.68. The first-order valence-electron chi connectivity index (χ1n) is 8.43. The van der Waals surface area contributed by atoms with Gasteiger partial charge in [-0.25, -0.2) is 0 Å². The molecule has 1 rings (SSSR count). The molecule has 0 atom stereocenters. The molecule has 0 aliphatic rings. The molecule has 0 aromatic heterocycles. The molecule has 0 fully saturated rings. The molecule has 4 heteroatoms. The van der Waals surface area contributed by atoms with Gasteiger partial charge in [0.05, 0.1) is 11.6 Å². The molecule has 0 bridgehead atoms. The van der Waals surface area contributed by atoms with Crippen molar-refractivity contribution in [2.75, 3.05) is 13.2 Å². The monoisotopic (exact) mass is 390 g/mol. The van der Waals surface area contributed by atoms with E-state index >= 15 is 0 Å². The van der Waals surface area contributed by atoms with Crippen LogP contribution in [0.25, 0.3) is 0 Å². The van der Waals surface area contributed by atoms with E-state index in [0.717, 1.165) is 29.7 Å². The summed E-state index contributed by atoms with van der Waals surface area (Å²) < 4.78 is 6.67. The predicted molar refractivity (Wildman–Crippen MR) is 97.9 cm³/mol. The first-order chi connectivity index (χ1) is 10.7. The highest BCUT2D eigenvalue weighted by molar-refractivity contribution is 9.10. The molecule has 0 amide bonds. The fourth-order valence-corrected chi connectivity index (χ4v) is 3.13. The molecule has 2 nitrogen and oxygen atoms in total. The van der Waals surface area contributed by atoms with Crippen LogP contribution in [0.4, 0.5) is 0 Å². The van der Waals surface area contributed by atoms with Gasteiger partial charge in [-0.05, 0) is 31.0 Å². The molecule has 22 heavy (non-hydrogen) atoms. The zero-order chi connectivity index (χ0) is 16.0. The number of hydrogen-bond donors (Lipinski definition) is 1. The molecule has 0 spiro atoms. The van der Waals surface area contributed by atoms with Gasteiger partial charge < -0.3 is 9.84 Å². The van der Waals surface area contributed by atoms with E-state index in [0.29, 0.717) is 11.6 Å². The highest BCUT2D eigenvalue weighted by atomic mass is 79.9. The predicted octanol–water partition coefficient (Wildman–Crippen LogP) is 6.37.